The molecule has 0 saturated heterocycles. The summed E-state index contributed by atoms with van der Waals surface area (Å²) in [5, 5.41) is 0. The summed E-state index contributed by atoms with van der Waals surface area (Å²) < 4.78 is 4.78. The van der Waals surface area contributed by atoms with Crippen molar-refractivity contribution in [2.45, 2.75) is 26.2 Å². The molecule has 0 heterocycles. The second-order valence-electron chi connectivity index (χ2n) is 4.06. The number of hydrogen-bond donors (Lipinski definition) is 1. The lowest BCUT2D eigenvalue weighted by Gasteiger charge is -2.15. The van der Waals surface area contributed by atoms with Gasteiger partial charge in [-0.1, -0.05) is 26.0 Å². The monoisotopic (exact) mass is 221 g/mol. The van der Waals surface area contributed by atoms with E-state index in [0.29, 0.717) is 24.4 Å². The fraction of sp³-hybridized carbons (Fsp3) is 0.462. The summed E-state index contributed by atoms with van der Waals surface area (Å²) in [7, 11) is 1.40. The number of esters is 1. The highest BCUT2D eigenvalue weighted by Crippen LogP contribution is 2.23. The van der Waals surface area contributed by atoms with E-state index in [4.69, 9.17) is 10.5 Å². The molecule has 0 aliphatic rings. The second-order valence-corrected chi connectivity index (χ2v) is 4.06. The number of benzene rings is 1. The Kier molecular flexibility index (Phi) is 4.50. The Bertz CT molecular complexity index is 372. The van der Waals surface area contributed by atoms with Gasteiger partial charge in [-0.05, 0) is 36.1 Å². The predicted octanol–water partition coefficient (Wildman–Crippen LogP) is 2.10. The average Bonchev–Trinajstić information content (AvgIpc) is 2.28. The van der Waals surface area contributed by atoms with Gasteiger partial charge in [-0.25, -0.2) is 4.79 Å². The molecule has 1 aromatic rings. The molecule has 0 radical (unpaired) electrons. The molecule has 2 N–H and O–H groups in total. The zero-order valence-electron chi connectivity index (χ0n) is 10.1. The summed E-state index contributed by atoms with van der Waals surface area (Å²) in [6.07, 6.45) is 0.707. The Labute approximate surface area is 96.6 Å². The Morgan fingerprint density at radius 2 is 2.12 bits per heavy atom. The van der Waals surface area contributed by atoms with Crippen LogP contribution in [0, 0.1) is 0 Å². The Morgan fingerprint density at radius 1 is 1.44 bits per heavy atom. The van der Waals surface area contributed by atoms with E-state index in [0.717, 1.165) is 5.56 Å². The first-order chi connectivity index (χ1) is 7.61. The number of ether oxygens (including phenoxy) is 1. The normalized spacial score (nSPS) is 10.6. The van der Waals surface area contributed by atoms with Crippen LogP contribution in [0.1, 0.15) is 41.3 Å². The molecule has 0 fully saturated rings. The molecule has 1 rings (SSSR count). The summed E-state index contributed by atoms with van der Waals surface area (Å²) in [5.41, 5.74) is 8.42. The molecule has 0 aliphatic carbocycles. The highest BCUT2D eigenvalue weighted by atomic mass is 16.5. The van der Waals surface area contributed by atoms with Crippen molar-refractivity contribution in [3.63, 3.8) is 0 Å². The quantitative estimate of drug-likeness (QED) is 0.792. The topological polar surface area (TPSA) is 52.3 Å². The largest absolute Gasteiger partial charge is 0.465 e. The molecule has 1 aromatic carbocycles. The molecule has 3 nitrogen and oxygen atoms in total. The van der Waals surface area contributed by atoms with E-state index in [9.17, 15) is 4.79 Å². The first-order valence-electron chi connectivity index (χ1n) is 5.52. The van der Waals surface area contributed by atoms with Crippen LogP contribution in [0.2, 0.25) is 0 Å². The predicted molar refractivity (Wildman–Crippen MR) is 64.6 cm³/mol. The van der Waals surface area contributed by atoms with Crippen LogP contribution >= 0.6 is 0 Å². The van der Waals surface area contributed by atoms with Gasteiger partial charge in [0, 0.05) is 0 Å². The van der Waals surface area contributed by atoms with Crippen molar-refractivity contribution in [3.05, 3.63) is 34.9 Å². The zero-order chi connectivity index (χ0) is 12.1. The van der Waals surface area contributed by atoms with Crippen molar-refractivity contribution in [1.82, 2.24) is 0 Å². The van der Waals surface area contributed by atoms with E-state index >= 15 is 0 Å². The number of rotatable bonds is 4. The Balaban J connectivity index is 3.26. The molecule has 0 amide bonds. The lowest BCUT2D eigenvalue weighted by Crippen LogP contribution is -2.13. The van der Waals surface area contributed by atoms with Crippen LogP contribution in [0.4, 0.5) is 0 Å². The maximum atomic E-state index is 11.6. The van der Waals surface area contributed by atoms with Crippen molar-refractivity contribution in [2.24, 2.45) is 5.73 Å². The number of carbonyl (C=O) groups excluding carboxylic acids is 1. The van der Waals surface area contributed by atoms with Crippen LogP contribution in [-0.2, 0) is 11.2 Å². The molecule has 0 saturated carbocycles. The summed E-state index contributed by atoms with van der Waals surface area (Å²) in [4.78, 5) is 11.6. The molecule has 88 valence electrons. The lowest BCUT2D eigenvalue weighted by molar-refractivity contribution is 0.0599. The van der Waals surface area contributed by atoms with Crippen molar-refractivity contribution in [1.29, 1.82) is 0 Å². The van der Waals surface area contributed by atoms with Gasteiger partial charge in [-0.2, -0.15) is 0 Å². The first kappa shape index (κ1) is 12.7. The third-order valence-electron chi connectivity index (χ3n) is 2.63. The molecule has 0 aliphatic heterocycles. The van der Waals surface area contributed by atoms with Gasteiger partial charge in [0.1, 0.15) is 0 Å². The van der Waals surface area contributed by atoms with Gasteiger partial charge in [0.25, 0.3) is 0 Å². The third-order valence-corrected chi connectivity index (χ3v) is 2.63. The van der Waals surface area contributed by atoms with E-state index in [2.05, 4.69) is 13.8 Å². The van der Waals surface area contributed by atoms with Gasteiger partial charge in [0.05, 0.1) is 12.7 Å². The van der Waals surface area contributed by atoms with Crippen LogP contribution in [0.3, 0.4) is 0 Å². The minimum Gasteiger partial charge on any atom is -0.465 e. The maximum absolute atomic E-state index is 11.6. The molecule has 0 spiro atoms. The smallest absolute Gasteiger partial charge is 0.338 e. The molecule has 0 bridgehead atoms. The number of hydrogen-bond acceptors (Lipinski definition) is 3. The van der Waals surface area contributed by atoms with Crippen molar-refractivity contribution < 1.29 is 9.53 Å². The third kappa shape index (κ3) is 2.61. The Hall–Kier alpha value is -1.35. The van der Waals surface area contributed by atoms with E-state index < -0.39 is 0 Å². The van der Waals surface area contributed by atoms with Crippen molar-refractivity contribution >= 4 is 5.97 Å². The minimum atomic E-state index is -0.286. The molecule has 0 aromatic heterocycles. The van der Waals surface area contributed by atoms with Crippen LogP contribution in [0.15, 0.2) is 18.2 Å². The Morgan fingerprint density at radius 3 is 2.62 bits per heavy atom. The number of methoxy groups -OCH3 is 1. The molecular weight excluding hydrogens is 202 g/mol. The van der Waals surface area contributed by atoms with Crippen LogP contribution in [0.25, 0.3) is 0 Å². The van der Waals surface area contributed by atoms with E-state index in [1.165, 1.54) is 12.7 Å². The average molecular weight is 221 g/mol. The van der Waals surface area contributed by atoms with Gasteiger partial charge in [0.2, 0.25) is 0 Å². The summed E-state index contributed by atoms with van der Waals surface area (Å²) >= 11 is 0. The fourth-order valence-corrected chi connectivity index (χ4v) is 1.87. The van der Waals surface area contributed by atoms with Gasteiger partial charge in [0.15, 0.2) is 0 Å². The van der Waals surface area contributed by atoms with E-state index in [-0.39, 0.29) is 5.97 Å². The van der Waals surface area contributed by atoms with E-state index in [1.807, 2.05) is 12.1 Å². The van der Waals surface area contributed by atoms with Crippen molar-refractivity contribution in [3.8, 4) is 0 Å². The summed E-state index contributed by atoms with van der Waals surface area (Å²) in [5.74, 6) is 0.0945. The molecular formula is C13H19NO2. The fourth-order valence-electron chi connectivity index (χ4n) is 1.87. The van der Waals surface area contributed by atoms with Crippen LogP contribution < -0.4 is 5.73 Å². The van der Waals surface area contributed by atoms with Crippen LogP contribution in [0.5, 0.6) is 0 Å². The minimum absolute atomic E-state index is 0.286. The maximum Gasteiger partial charge on any atom is 0.338 e. The summed E-state index contributed by atoms with van der Waals surface area (Å²) in [6, 6.07) is 5.73. The van der Waals surface area contributed by atoms with Gasteiger partial charge in [-0.15, -0.1) is 0 Å². The van der Waals surface area contributed by atoms with E-state index in [1.54, 1.807) is 6.07 Å². The van der Waals surface area contributed by atoms with Gasteiger partial charge >= 0.3 is 5.97 Å². The molecule has 16 heavy (non-hydrogen) atoms. The number of carbonyl (C=O) groups is 1. The standard InChI is InChI=1S/C13H19NO2/c1-9(2)10-5-4-6-12(13(15)16-3)11(10)7-8-14/h4-6,9H,7-8,14H2,1-3H3. The molecule has 3 heteroatoms. The second kappa shape index (κ2) is 5.66. The SMILES string of the molecule is COC(=O)c1cccc(C(C)C)c1CCN. The van der Waals surface area contributed by atoms with Gasteiger partial charge < -0.3 is 10.5 Å². The highest BCUT2D eigenvalue weighted by Gasteiger charge is 2.15. The zero-order valence-corrected chi connectivity index (χ0v) is 10.1. The molecule has 0 atom stereocenters. The van der Waals surface area contributed by atoms with Crippen molar-refractivity contribution in [2.75, 3.05) is 13.7 Å². The number of nitrogens with two attached hydrogens (primary N) is 1. The first-order valence-corrected chi connectivity index (χ1v) is 5.52. The lowest BCUT2D eigenvalue weighted by atomic mass is 9.91. The van der Waals surface area contributed by atoms with Crippen LogP contribution in [-0.4, -0.2) is 19.6 Å². The highest BCUT2D eigenvalue weighted by molar-refractivity contribution is 5.91. The molecule has 0 unspecified atom stereocenters. The van der Waals surface area contributed by atoms with Gasteiger partial charge in [-0.3, -0.25) is 0 Å². The summed E-state index contributed by atoms with van der Waals surface area (Å²) in [6.45, 7) is 4.75.